The fourth-order valence-corrected chi connectivity index (χ4v) is 3.90. The number of oxazole rings is 1. The topological polar surface area (TPSA) is 95.2 Å². The minimum atomic E-state index is 0.375. The van der Waals surface area contributed by atoms with E-state index in [1.807, 2.05) is 30.5 Å². The molecule has 4 aromatic rings. The van der Waals surface area contributed by atoms with Crippen LogP contribution in [0.2, 0.25) is 0 Å². The number of benzene rings is 1. The lowest BCUT2D eigenvalue weighted by atomic mass is 10.1. The molecule has 5 rings (SSSR count). The molecule has 0 spiro atoms. The summed E-state index contributed by atoms with van der Waals surface area (Å²) >= 11 is 0. The summed E-state index contributed by atoms with van der Waals surface area (Å²) in [5.41, 5.74) is 10.1. The maximum atomic E-state index is 6.15. The molecule has 0 atom stereocenters. The monoisotopic (exact) mass is 404 g/mol. The highest BCUT2D eigenvalue weighted by Crippen LogP contribution is 2.33. The van der Waals surface area contributed by atoms with Crippen molar-refractivity contribution in [2.75, 3.05) is 33.0 Å². The lowest BCUT2D eigenvalue weighted by molar-refractivity contribution is 0.212. The Morgan fingerprint density at radius 1 is 1.13 bits per heavy atom. The van der Waals surface area contributed by atoms with E-state index in [-0.39, 0.29) is 0 Å². The first kappa shape index (κ1) is 18.6. The summed E-state index contributed by atoms with van der Waals surface area (Å²) in [5, 5.41) is 4.61. The van der Waals surface area contributed by atoms with Crippen LogP contribution in [0.1, 0.15) is 18.9 Å². The Morgan fingerprint density at radius 3 is 2.77 bits per heavy atom. The van der Waals surface area contributed by atoms with E-state index in [1.54, 1.807) is 13.3 Å². The Bertz CT molecular complexity index is 1190. The highest BCUT2D eigenvalue weighted by molar-refractivity contribution is 5.81. The maximum absolute atomic E-state index is 6.15. The fraction of sp³-hybridized carbons (Fsp3) is 0.318. The summed E-state index contributed by atoms with van der Waals surface area (Å²) in [5.74, 6) is 1.53. The molecule has 154 valence electrons. The second-order valence-electron chi connectivity index (χ2n) is 7.75. The van der Waals surface area contributed by atoms with Gasteiger partial charge >= 0.3 is 0 Å². The van der Waals surface area contributed by atoms with Crippen molar-refractivity contribution < 1.29 is 9.15 Å². The highest BCUT2D eigenvalue weighted by atomic mass is 16.5. The second-order valence-corrected chi connectivity index (χ2v) is 7.75. The number of methoxy groups -OCH3 is 1. The number of ether oxygens (including phenoxy) is 1. The van der Waals surface area contributed by atoms with E-state index in [2.05, 4.69) is 37.9 Å². The molecule has 30 heavy (non-hydrogen) atoms. The van der Waals surface area contributed by atoms with Crippen LogP contribution in [-0.2, 0) is 0 Å². The van der Waals surface area contributed by atoms with E-state index in [0.717, 1.165) is 42.6 Å². The summed E-state index contributed by atoms with van der Waals surface area (Å²) in [6, 6.07) is 7.92. The highest BCUT2D eigenvalue weighted by Gasteiger charge is 2.20. The normalized spacial score (nSPS) is 15.7. The smallest absolute Gasteiger partial charge is 0.231 e. The molecule has 0 saturated carbocycles. The molecule has 2 N–H and O–H groups in total. The van der Waals surface area contributed by atoms with Gasteiger partial charge in [-0.2, -0.15) is 5.10 Å². The van der Waals surface area contributed by atoms with E-state index in [4.69, 9.17) is 14.9 Å². The zero-order valence-corrected chi connectivity index (χ0v) is 17.1. The van der Waals surface area contributed by atoms with Crippen molar-refractivity contribution >= 4 is 16.9 Å². The first-order valence-electron chi connectivity index (χ1n) is 10.0. The van der Waals surface area contributed by atoms with E-state index in [0.29, 0.717) is 34.6 Å². The lowest BCUT2D eigenvalue weighted by Gasteiger charge is -2.28. The number of likely N-dealkylation sites (tertiary alicyclic amines) is 1. The van der Waals surface area contributed by atoms with Gasteiger partial charge in [-0.1, -0.05) is 0 Å². The molecule has 1 aliphatic heterocycles. The third kappa shape index (κ3) is 3.39. The average Bonchev–Trinajstić information content (AvgIpc) is 3.41. The quantitative estimate of drug-likeness (QED) is 0.555. The first-order chi connectivity index (χ1) is 14.6. The molecule has 8 heteroatoms. The molecule has 1 aliphatic rings. The second kappa shape index (κ2) is 7.46. The number of hydrogen-bond donors (Lipinski definition) is 1. The van der Waals surface area contributed by atoms with Gasteiger partial charge < -0.3 is 19.8 Å². The summed E-state index contributed by atoms with van der Waals surface area (Å²) in [7, 11) is 3.78. The molecule has 0 radical (unpaired) electrons. The third-order valence-electron chi connectivity index (χ3n) is 5.74. The number of aromatic nitrogens is 4. The van der Waals surface area contributed by atoms with Crippen molar-refractivity contribution in [3.8, 4) is 28.3 Å². The lowest BCUT2D eigenvalue weighted by Crippen LogP contribution is -2.31. The molecular formula is C22H24N6O2. The van der Waals surface area contributed by atoms with Crippen molar-refractivity contribution in [2.45, 2.75) is 18.9 Å². The van der Waals surface area contributed by atoms with Crippen molar-refractivity contribution in [1.82, 2.24) is 24.6 Å². The van der Waals surface area contributed by atoms with Crippen LogP contribution in [0.25, 0.3) is 33.7 Å². The van der Waals surface area contributed by atoms with Crippen LogP contribution in [0.4, 0.5) is 5.82 Å². The Morgan fingerprint density at radius 2 is 1.97 bits per heavy atom. The molecule has 1 fully saturated rings. The van der Waals surface area contributed by atoms with Crippen LogP contribution in [0, 0.1) is 0 Å². The van der Waals surface area contributed by atoms with Gasteiger partial charge in [-0.3, -0.25) is 4.68 Å². The number of fused-ring (bicyclic) bond motifs is 1. The van der Waals surface area contributed by atoms with Crippen LogP contribution < -0.4 is 10.5 Å². The summed E-state index contributed by atoms with van der Waals surface area (Å²) < 4.78 is 13.3. The van der Waals surface area contributed by atoms with Gasteiger partial charge in [-0.25, -0.2) is 9.97 Å². The predicted octanol–water partition coefficient (Wildman–Crippen LogP) is 3.61. The molecule has 1 saturated heterocycles. The Balaban J connectivity index is 1.47. The van der Waals surface area contributed by atoms with Crippen molar-refractivity contribution in [3.05, 3.63) is 42.9 Å². The molecule has 0 unspecified atom stereocenters. The minimum absolute atomic E-state index is 0.375. The van der Waals surface area contributed by atoms with Gasteiger partial charge in [-0.05, 0) is 51.2 Å². The van der Waals surface area contributed by atoms with Crippen LogP contribution in [0.3, 0.4) is 0 Å². The van der Waals surface area contributed by atoms with E-state index in [1.165, 1.54) is 0 Å². The Kier molecular flexibility index (Phi) is 4.63. The van der Waals surface area contributed by atoms with Crippen LogP contribution >= 0.6 is 0 Å². The molecule has 0 bridgehead atoms. The average molecular weight is 404 g/mol. The number of nitrogens with zero attached hydrogens (tertiary/aromatic N) is 5. The van der Waals surface area contributed by atoms with Crippen LogP contribution in [0.5, 0.6) is 5.75 Å². The zero-order chi connectivity index (χ0) is 20.7. The van der Waals surface area contributed by atoms with E-state index >= 15 is 0 Å². The SMILES string of the molecule is COc1ccc2nc(-c3cc(-c4cnn(C5CCN(C)CC5)c4)cnc3N)oc2c1. The van der Waals surface area contributed by atoms with E-state index in [9.17, 15) is 0 Å². The molecule has 3 aromatic heterocycles. The first-order valence-corrected chi connectivity index (χ1v) is 10.0. The predicted molar refractivity (Wildman–Crippen MR) is 115 cm³/mol. The number of anilines is 1. The maximum Gasteiger partial charge on any atom is 0.231 e. The number of pyridine rings is 1. The van der Waals surface area contributed by atoms with Crippen LogP contribution in [-0.4, -0.2) is 51.9 Å². The summed E-state index contributed by atoms with van der Waals surface area (Å²) in [4.78, 5) is 11.3. The molecular weight excluding hydrogens is 380 g/mol. The van der Waals surface area contributed by atoms with Gasteiger partial charge in [0.15, 0.2) is 5.58 Å². The van der Waals surface area contributed by atoms with Gasteiger partial charge in [0.25, 0.3) is 0 Å². The van der Waals surface area contributed by atoms with Crippen molar-refractivity contribution in [1.29, 1.82) is 0 Å². The van der Waals surface area contributed by atoms with Gasteiger partial charge in [0, 0.05) is 29.6 Å². The zero-order valence-electron chi connectivity index (χ0n) is 17.1. The molecule has 0 aliphatic carbocycles. The third-order valence-corrected chi connectivity index (χ3v) is 5.74. The number of rotatable bonds is 4. The Hall–Kier alpha value is -3.39. The molecule has 1 aromatic carbocycles. The summed E-state index contributed by atoms with van der Waals surface area (Å²) in [6.07, 6.45) is 7.95. The van der Waals surface area contributed by atoms with E-state index < -0.39 is 0 Å². The largest absolute Gasteiger partial charge is 0.497 e. The van der Waals surface area contributed by atoms with Gasteiger partial charge in [0.1, 0.15) is 17.1 Å². The van der Waals surface area contributed by atoms with Gasteiger partial charge in [0.2, 0.25) is 5.89 Å². The molecule has 0 amide bonds. The minimum Gasteiger partial charge on any atom is -0.497 e. The van der Waals surface area contributed by atoms with Crippen LogP contribution in [0.15, 0.2) is 47.3 Å². The number of nitrogens with two attached hydrogens (primary N) is 1. The van der Waals surface area contributed by atoms with Crippen molar-refractivity contribution in [3.63, 3.8) is 0 Å². The van der Waals surface area contributed by atoms with Gasteiger partial charge in [-0.15, -0.1) is 0 Å². The Labute approximate surface area is 174 Å². The van der Waals surface area contributed by atoms with Crippen molar-refractivity contribution in [2.24, 2.45) is 0 Å². The fourth-order valence-electron chi connectivity index (χ4n) is 3.90. The summed E-state index contributed by atoms with van der Waals surface area (Å²) in [6.45, 7) is 2.19. The molecule has 4 heterocycles. The molecule has 8 nitrogen and oxygen atoms in total. The number of nitrogen functional groups attached to an aromatic ring is 1. The standard InChI is InChI=1S/C22H24N6O2/c1-27-7-5-16(6-8-27)28-13-15(12-25-28)14-9-18(21(23)24-11-14)22-26-19-4-3-17(29-2)10-20(19)30-22/h3-4,9-13,16H,5-8H2,1-2H3,(H2,23,24). The number of hydrogen-bond acceptors (Lipinski definition) is 7. The number of piperidine rings is 1. The van der Waals surface area contributed by atoms with Gasteiger partial charge in [0.05, 0.1) is 24.9 Å².